The number of nitrogens with one attached hydrogen (secondary N) is 1. The zero-order chi connectivity index (χ0) is 21.5. The Labute approximate surface area is 187 Å². The van der Waals surface area contributed by atoms with E-state index in [1.807, 2.05) is 48.5 Å². The molecule has 0 aliphatic carbocycles. The highest BCUT2D eigenvalue weighted by atomic mass is 32.2. The summed E-state index contributed by atoms with van der Waals surface area (Å²) in [5.41, 5.74) is 3.89. The van der Waals surface area contributed by atoms with E-state index in [0.717, 1.165) is 34.4 Å². The van der Waals surface area contributed by atoms with Gasteiger partial charge >= 0.3 is 0 Å². The number of thiocarbonyl (C=S) groups is 1. The molecule has 0 unspecified atom stereocenters. The number of para-hydroxylation sites is 1. The Morgan fingerprint density at radius 1 is 1.10 bits per heavy atom. The molecule has 3 aromatic rings. The van der Waals surface area contributed by atoms with Gasteiger partial charge in [-0.2, -0.15) is 5.10 Å². The summed E-state index contributed by atoms with van der Waals surface area (Å²) in [5, 5.41) is 7.75. The summed E-state index contributed by atoms with van der Waals surface area (Å²) in [5.74, 6) is 0.785. The fourth-order valence-electron chi connectivity index (χ4n) is 2.98. The van der Waals surface area contributed by atoms with Crippen LogP contribution in [0.1, 0.15) is 19.4 Å². The monoisotopic (exact) mass is 438 g/mol. The molecule has 0 aliphatic rings. The highest BCUT2D eigenvalue weighted by Crippen LogP contribution is 2.25. The molecule has 0 spiro atoms. The number of amides is 1. The van der Waals surface area contributed by atoms with Crippen LogP contribution in [-0.4, -0.2) is 43.8 Å². The molecule has 2 aromatic carbocycles. The molecule has 0 saturated heterocycles. The number of hydrogen-bond donors (Lipinski definition) is 1. The Hall–Kier alpha value is -2.64. The van der Waals surface area contributed by atoms with Crippen molar-refractivity contribution in [3.05, 3.63) is 66.2 Å². The van der Waals surface area contributed by atoms with Gasteiger partial charge in [0.1, 0.15) is 10.1 Å². The Morgan fingerprint density at radius 2 is 1.77 bits per heavy atom. The summed E-state index contributed by atoms with van der Waals surface area (Å²) in [6.45, 7) is 7.84. The maximum Gasteiger partial charge on any atom is 0.235 e. The van der Waals surface area contributed by atoms with E-state index in [4.69, 9.17) is 17.3 Å². The number of aryl methyl sites for hydroxylation is 1. The molecule has 0 atom stereocenters. The minimum Gasteiger partial charge on any atom is -0.358 e. The number of hydrogen-bond acceptors (Lipinski definition) is 4. The number of carbonyl (C=O) groups is 1. The van der Waals surface area contributed by atoms with Crippen LogP contribution in [0.2, 0.25) is 0 Å². The first-order valence-electron chi connectivity index (χ1n) is 9.96. The molecule has 0 saturated carbocycles. The van der Waals surface area contributed by atoms with Crippen molar-refractivity contribution in [3.63, 3.8) is 0 Å². The first-order valence-corrected chi connectivity index (χ1v) is 11.3. The van der Waals surface area contributed by atoms with Crippen LogP contribution >= 0.6 is 24.0 Å². The third kappa shape index (κ3) is 5.49. The van der Waals surface area contributed by atoms with E-state index in [-0.39, 0.29) is 11.7 Å². The van der Waals surface area contributed by atoms with Gasteiger partial charge in [0.25, 0.3) is 0 Å². The largest absolute Gasteiger partial charge is 0.358 e. The first kappa shape index (κ1) is 22.1. The number of carbonyl (C=O) groups excluding carboxylic acids is 1. The molecule has 1 N–H and O–H groups in total. The molecule has 30 heavy (non-hydrogen) atoms. The van der Waals surface area contributed by atoms with Crippen LogP contribution in [0.4, 0.5) is 5.82 Å². The van der Waals surface area contributed by atoms with Crippen molar-refractivity contribution in [3.8, 4) is 16.9 Å². The zero-order valence-corrected chi connectivity index (χ0v) is 19.1. The number of thioether (sulfide) groups is 1. The highest BCUT2D eigenvalue weighted by Gasteiger charge is 2.15. The predicted molar refractivity (Wildman–Crippen MR) is 130 cm³/mol. The summed E-state index contributed by atoms with van der Waals surface area (Å²) >= 11 is 6.81. The van der Waals surface area contributed by atoms with E-state index in [2.05, 4.69) is 43.1 Å². The fourth-order valence-corrected chi connectivity index (χ4v) is 4.18. The summed E-state index contributed by atoms with van der Waals surface area (Å²) in [6.07, 6.45) is 0. The maximum atomic E-state index is 12.6. The Balaban J connectivity index is 1.81. The molecular formula is C23H26N4OS2. The van der Waals surface area contributed by atoms with Gasteiger partial charge in [0, 0.05) is 24.7 Å². The van der Waals surface area contributed by atoms with Crippen LogP contribution in [0.3, 0.4) is 0 Å². The zero-order valence-electron chi connectivity index (χ0n) is 17.5. The third-order valence-corrected chi connectivity index (χ3v) is 6.20. The molecule has 156 valence electrons. The van der Waals surface area contributed by atoms with Crippen molar-refractivity contribution >= 4 is 40.0 Å². The maximum absolute atomic E-state index is 12.6. The fraction of sp³-hybridized carbons (Fsp3) is 0.261. The Morgan fingerprint density at radius 3 is 2.40 bits per heavy atom. The molecule has 1 amide bonds. The number of anilines is 1. The van der Waals surface area contributed by atoms with Crippen LogP contribution < -0.4 is 5.32 Å². The van der Waals surface area contributed by atoms with Crippen molar-refractivity contribution in [2.45, 2.75) is 20.8 Å². The van der Waals surface area contributed by atoms with Gasteiger partial charge in [0.2, 0.25) is 5.91 Å². The van der Waals surface area contributed by atoms with Gasteiger partial charge in [-0.15, -0.1) is 0 Å². The lowest BCUT2D eigenvalue weighted by atomic mass is 10.1. The lowest BCUT2D eigenvalue weighted by Crippen LogP contribution is -2.28. The minimum atomic E-state index is -0.109. The summed E-state index contributed by atoms with van der Waals surface area (Å²) < 4.78 is 2.51. The van der Waals surface area contributed by atoms with E-state index < -0.39 is 0 Å². The van der Waals surface area contributed by atoms with Crippen LogP contribution in [0.5, 0.6) is 0 Å². The molecule has 1 aromatic heterocycles. The smallest absolute Gasteiger partial charge is 0.235 e. The topological polar surface area (TPSA) is 50.2 Å². The highest BCUT2D eigenvalue weighted by molar-refractivity contribution is 8.23. The normalized spacial score (nSPS) is 10.6. The average molecular weight is 439 g/mol. The molecule has 0 aliphatic heterocycles. The Bertz CT molecular complexity index is 996. The summed E-state index contributed by atoms with van der Waals surface area (Å²) in [7, 11) is 0. The average Bonchev–Trinajstić information content (AvgIpc) is 3.18. The molecule has 0 radical (unpaired) electrons. The number of aromatic nitrogens is 2. The second kappa shape index (κ2) is 10.4. The van der Waals surface area contributed by atoms with Crippen LogP contribution in [-0.2, 0) is 4.79 Å². The van der Waals surface area contributed by atoms with Gasteiger partial charge in [-0.3, -0.25) is 4.79 Å². The van der Waals surface area contributed by atoms with E-state index in [1.165, 1.54) is 17.3 Å². The van der Waals surface area contributed by atoms with Crippen molar-refractivity contribution in [1.82, 2.24) is 14.7 Å². The quantitative estimate of drug-likeness (QED) is 0.517. The SMILES string of the molecule is CCN(CC)C(=S)SCC(=O)Nc1cc(-c2ccc(C)cc2)nn1-c1ccccc1. The molecule has 3 rings (SSSR count). The first-order chi connectivity index (χ1) is 14.5. The lowest BCUT2D eigenvalue weighted by molar-refractivity contribution is -0.113. The van der Waals surface area contributed by atoms with Gasteiger partial charge in [0.05, 0.1) is 17.1 Å². The van der Waals surface area contributed by atoms with Crippen molar-refractivity contribution in [2.24, 2.45) is 0 Å². The predicted octanol–water partition coefficient (Wildman–Crippen LogP) is 5.15. The number of nitrogens with zero attached hydrogens (tertiary/aromatic N) is 3. The lowest BCUT2D eigenvalue weighted by Gasteiger charge is -2.20. The Kier molecular flexibility index (Phi) is 7.65. The molecule has 5 nitrogen and oxygen atoms in total. The number of benzene rings is 2. The molecular weight excluding hydrogens is 412 g/mol. The van der Waals surface area contributed by atoms with Crippen molar-refractivity contribution in [2.75, 3.05) is 24.2 Å². The number of rotatable bonds is 7. The summed E-state index contributed by atoms with van der Waals surface area (Å²) in [4.78, 5) is 14.7. The molecule has 0 bridgehead atoms. The van der Waals surface area contributed by atoms with Crippen LogP contribution in [0, 0.1) is 6.92 Å². The second-order valence-electron chi connectivity index (χ2n) is 6.80. The van der Waals surface area contributed by atoms with Gasteiger partial charge in [0.15, 0.2) is 0 Å². The molecule has 1 heterocycles. The van der Waals surface area contributed by atoms with E-state index in [9.17, 15) is 4.79 Å². The third-order valence-electron chi connectivity index (χ3n) is 4.67. The van der Waals surface area contributed by atoms with Gasteiger partial charge in [-0.25, -0.2) is 4.68 Å². The minimum absolute atomic E-state index is 0.109. The van der Waals surface area contributed by atoms with Gasteiger partial charge in [-0.05, 0) is 32.9 Å². The second-order valence-corrected chi connectivity index (χ2v) is 8.41. The molecule has 0 fully saturated rings. The standard InChI is InChI=1S/C23H26N4OS2/c1-4-26(5-2)23(29)30-16-22(28)24-21-15-20(18-13-11-17(3)12-14-18)25-27(21)19-9-7-6-8-10-19/h6-15H,4-5,16H2,1-3H3,(H,24,28). The van der Waals surface area contributed by atoms with Crippen LogP contribution in [0.25, 0.3) is 16.9 Å². The summed E-state index contributed by atoms with van der Waals surface area (Å²) in [6, 6.07) is 19.9. The van der Waals surface area contributed by atoms with Crippen molar-refractivity contribution < 1.29 is 4.79 Å². The van der Waals surface area contributed by atoms with Crippen LogP contribution in [0.15, 0.2) is 60.7 Å². The molecule has 7 heteroatoms. The van der Waals surface area contributed by atoms with E-state index >= 15 is 0 Å². The van der Waals surface area contributed by atoms with E-state index in [1.54, 1.807) is 4.68 Å². The van der Waals surface area contributed by atoms with Crippen molar-refractivity contribution in [1.29, 1.82) is 0 Å². The van der Waals surface area contributed by atoms with Gasteiger partial charge in [-0.1, -0.05) is 72.0 Å². The van der Waals surface area contributed by atoms with Gasteiger partial charge < -0.3 is 10.2 Å². The van der Waals surface area contributed by atoms with E-state index in [0.29, 0.717) is 5.82 Å².